The molecule has 0 fully saturated rings. The number of anilines is 2. The van der Waals surface area contributed by atoms with Crippen molar-refractivity contribution in [1.82, 2.24) is 5.32 Å². The molecule has 0 radical (unpaired) electrons. The number of nitrogens with zero attached hydrogens (tertiary/aromatic N) is 1. The minimum absolute atomic E-state index is 0.593. The molecule has 0 aliphatic carbocycles. The van der Waals surface area contributed by atoms with Gasteiger partial charge in [-0.05, 0) is 48.8 Å². The summed E-state index contributed by atoms with van der Waals surface area (Å²) in [5.74, 6) is 1.44. The van der Waals surface area contributed by atoms with Gasteiger partial charge in [-0.1, -0.05) is 18.2 Å². The first kappa shape index (κ1) is 18.3. The van der Waals surface area contributed by atoms with Crippen LogP contribution in [0.25, 0.3) is 0 Å². The molecule has 2 N–H and O–H groups in total. The fourth-order valence-corrected chi connectivity index (χ4v) is 3.39. The molecule has 1 aliphatic heterocycles. The lowest BCUT2D eigenvalue weighted by atomic mass is 10.2. The summed E-state index contributed by atoms with van der Waals surface area (Å²) in [6.07, 6.45) is 2.16. The molecule has 6 heteroatoms. The van der Waals surface area contributed by atoms with Gasteiger partial charge in [-0.2, -0.15) is 0 Å². The molecule has 5 nitrogen and oxygen atoms in total. The van der Waals surface area contributed by atoms with Crippen LogP contribution in [0.5, 0.6) is 11.5 Å². The van der Waals surface area contributed by atoms with Crippen LogP contribution in [0.4, 0.5) is 11.4 Å². The highest BCUT2D eigenvalue weighted by Crippen LogP contribution is 2.29. The van der Waals surface area contributed by atoms with E-state index in [-0.39, 0.29) is 0 Å². The van der Waals surface area contributed by atoms with Crippen molar-refractivity contribution in [3.05, 3.63) is 48.0 Å². The average molecular weight is 372 g/mol. The molecular formula is C20H25N3O2S. The van der Waals surface area contributed by atoms with Gasteiger partial charge >= 0.3 is 0 Å². The Labute approximate surface area is 160 Å². The van der Waals surface area contributed by atoms with E-state index in [9.17, 15) is 0 Å². The summed E-state index contributed by atoms with van der Waals surface area (Å²) in [5.41, 5.74) is 3.64. The highest BCUT2D eigenvalue weighted by molar-refractivity contribution is 7.80. The first-order valence-corrected chi connectivity index (χ1v) is 9.22. The third-order valence-corrected chi connectivity index (χ3v) is 4.78. The van der Waals surface area contributed by atoms with E-state index in [4.69, 9.17) is 21.7 Å². The van der Waals surface area contributed by atoms with Gasteiger partial charge in [0, 0.05) is 31.4 Å². The van der Waals surface area contributed by atoms with Crippen LogP contribution in [0, 0.1) is 0 Å². The molecule has 0 bridgehead atoms. The summed E-state index contributed by atoms with van der Waals surface area (Å²) in [7, 11) is 3.26. The second-order valence-electron chi connectivity index (χ2n) is 6.17. The quantitative estimate of drug-likeness (QED) is 0.574. The molecule has 0 spiro atoms. The van der Waals surface area contributed by atoms with Gasteiger partial charge in [-0.25, -0.2) is 0 Å². The van der Waals surface area contributed by atoms with Crippen LogP contribution in [0.1, 0.15) is 12.0 Å². The molecular weight excluding hydrogens is 346 g/mol. The van der Waals surface area contributed by atoms with E-state index in [1.165, 1.54) is 11.3 Å². The third-order valence-electron chi connectivity index (χ3n) is 4.53. The minimum Gasteiger partial charge on any atom is -0.497 e. The topological polar surface area (TPSA) is 45.8 Å². The summed E-state index contributed by atoms with van der Waals surface area (Å²) >= 11 is 5.39. The number of para-hydroxylation sites is 1. The fourth-order valence-electron chi connectivity index (χ4n) is 3.18. The van der Waals surface area contributed by atoms with E-state index in [0.29, 0.717) is 10.9 Å². The van der Waals surface area contributed by atoms with Gasteiger partial charge in [0.15, 0.2) is 5.11 Å². The largest absolute Gasteiger partial charge is 0.497 e. The van der Waals surface area contributed by atoms with Crippen molar-refractivity contribution in [2.45, 2.75) is 12.8 Å². The lowest BCUT2D eigenvalue weighted by molar-refractivity contribution is 0.395. The molecule has 1 heterocycles. The van der Waals surface area contributed by atoms with E-state index < -0.39 is 0 Å². The molecule has 3 rings (SSSR count). The van der Waals surface area contributed by atoms with Gasteiger partial charge in [0.2, 0.25) is 0 Å². The average Bonchev–Trinajstić information content (AvgIpc) is 3.08. The highest BCUT2D eigenvalue weighted by atomic mass is 32.1. The van der Waals surface area contributed by atoms with Crippen LogP contribution in [-0.4, -0.2) is 39.0 Å². The Hall–Kier alpha value is -2.47. The number of benzene rings is 2. The summed E-state index contributed by atoms with van der Waals surface area (Å²) < 4.78 is 10.6. The second kappa shape index (κ2) is 8.76. The van der Waals surface area contributed by atoms with Crippen molar-refractivity contribution in [1.29, 1.82) is 0 Å². The molecule has 0 saturated heterocycles. The van der Waals surface area contributed by atoms with E-state index in [2.05, 4.69) is 39.8 Å². The Bertz CT molecular complexity index is 766. The zero-order chi connectivity index (χ0) is 18.4. The smallest absolute Gasteiger partial charge is 0.170 e. The van der Waals surface area contributed by atoms with Gasteiger partial charge in [-0.3, -0.25) is 0 Å². The molecule has 26 heavy (non-hydrogen) atoms. The van der Waals surface area contributed by atoms with Crippen molar-refractivity contribution in [2.24, 2.45) is 0 Å². The lowest BCUT2D eigenvalue weighted by Gasteiger charge is -2.20. The molecule has 0 aromatic heterocycles. The monoisotopic (exact) mass is 371 g/mol. The first-order chi connectivity index (χ1) is 12.7. The standard InChI is InChI=1S/C20H25N3O2S/c1-24-16-8-9-17(19(14-16)25-2)22-20(26)21-11-5-12-23-13-10-15-6-3-4-7-18(15)23/h3-4,6-9,14H,5,10-13H2,1-2H3,(H2,21,22,26). The van der Waals surface area contributed by atoms with E-state index >= 15 is 0 Å². The van der Waals surface area contributed by atoms with Crippen molar-refractivity contribution in [3.63, 3.8) is 0 Å². The van der Waals surface area contributed by atoms with Crippen molar-refractivity contribution in [3.8, 4) is 11.5 Å². The Kier molecular flexibility index (Phi) is 6.17. The van der Waals surface area contributed by atoms with E-state index in [1.54, 1.807) is 14.2 Å². The maximum atomic E-state index is 5.39. The minimum atomic E-state index is 0.593. The van der Waals surface area contributed by atoms with Gasteiger partial charge in [0.1, 0.15) is 11.5 Å². The van der Waals surface area contributed by atoms with E-state index in [1.807, 2.05) is 18.2 Å². The fraction of sp³-hybridized carbons (Fsp3) is 0.350. The summed E-state index contributed by atoms with van der Waals surface area (Å²) in [6, 6.07) is 14.2. The van der Waals surface area contributed by atoms with Crippen LogP contribution in [0.15, 0.2) is 42.5 Å². The zero-order valence-corrected chi connectivity index (χ0v) is 16.1. The maximum Gasteiger partial charge on any atom is 0.170 e. The molecule has 0 amide bonds. The van der Waals surface area contributed by atoms with Crippen molar-refractivity contribution in [2.75, 3.05) is 44.1 Å². The number of hydrogen-bond acceptors (Lipinski definition) is 4. The molecule has 0 saturated carbocycles. The lowest BCUT2D eigenvalue weighted by Crippen LogP contribution is -2.32. The predicted molar refractivity (Wildman–Crippen MR) is 111 cm³/mol. The van der Waals surface area contributed by atoms with E-state index in [0.717, 1.165) is 43.9 Å². The Balaban J connectivity index is 1.44. The van der Waals surface area contributed by atoms with Gasteiger partial charge in [0.05, 0.1) is 19.9 Å². The number of methoxy groups -OCH3 is 2. The van der Waals surface area contributed by atoms with Crippen molar-refractivity contribution >= 4 is 28.7 Å². The summed E-state index contributed by atoms with van der Waals surface area (Å²) in [6.45, 7) is 2.95. The van der Waals surface area contributed by atoms with Gasteiger partial charge < -0.3 is 25.0 Å². The Morgan fingerprint density at radius 1 is 1.15 bits per heavy atom. The first-order valence-electron chi connectivity index (χ1n) is 8.81. The molecule has 0 unspecified atom stereocenters. The van der Waals surface area contributed by atoms with Crippen molar-refractivity contribution < 1.29 is 9.47 Å². The normalized spacial score (nSPS) is 12.5. The second-order valence-corrected chi connectivity index (χ2v) is 6.57. The van der Waals surface area contributed by atoms with Crippen LogP contribution >= 0.6 is 12.2 Å². The van der Waals surface area contributed by atoms with Gasteiger partial charge in [0.25, 0.3) is 0 Å². The molecule has 0 atom stereocenters. The molecule has 1 aliphatic rings. The van der Waals surface area contributed by atoms with Gasteiger partial charge in [-0.15, -0.1) is 0 Å². The Morgan fingerprint density at radius 2 is 2.00 bits per heavy atom. The maximum absolute atomic E-state index is 5.39. The predicted octanol–water partition coefficient (Wildman–Crippen LogP) is 3.44. The Morgan fingerprint density at radius 3 is 2.81 bits per heavy atom. The number of rotatable bonds is 7. The van der Waals surface area contributed by atoms with Crippen LogP contribution in [0.2, 0.25) is 0 Å². The summed E-state index contributed by atoms with van der Waals surface area (Å²) in [4.78, 5) is 2.44. The number of ether oxygens (including phenoxy) is 2. The van der Waals surface area contributed by atoms with Crippen LogP contribution in [0.3, 0.4) is 0 Å². The molecule has 2 aromatic carbocycles. The van der Waals surface area contributed by atoms with Crippen LogP contribution in [-0.2, 0) is 6.42 Å². The number of hydrogen-bond donors (Lipinski definition) is 2. The number of nitrogens with one attached hydrogen (secondary N) is 2. The van der Waals surface area contributed by atoms with Crippen LogP contribution < -0.4 is 25.0 Å². The molecule has 2 aromatic rings. The SMILES string of the molecule is COc1ccc(NC(=S)NCCCN2CCc3ccccc32)c(OC)c1. The number of thiocarbonyl (C=S) groups is 1. The summed E-state index contributed by atoms with van der Waals surface area (Å²) in [5, 5.41) is 7.04. The third kappa shape index (κ3) is 4.38. The molecule has 138 valence electrons. The zero-order valence-electron chi connectivity index (χ0n) is 15.2. The number of fused-ring (bicyclic) bond motifs is 1. The highest BCUT2D eigenvalue weighted by Gasteiger charge is 2.17.